The second-order valence-electron chi connectivity index (χ2n) is 5.07. The van der Waals surface area contributed by atoms with Crippen molar-refractivity contribution in [3.63, 3.8) is 0 Å². The van der Waals surface area contributed by atoms with Gasteiger partial charge < -0.3 is 10.5 Å². The van der Waals surface area contributed by atoms with Crippen LogP contribution in [0.4, 0.5) is 19.3 Å². The molecule has 106 valence electrons. The molecule has 1 unspecified atom stereocenters. The van der Waals surface area contributed by atoms with Crippen molar-refractivity contribution in [3.05, 3.63) is 29.6 Å². The number of nitrogens with one attached hydrogen (secondary N) is 1. The summed E-state index contributed by atoms with van der Waals surface area (Å²) in [7, 11) is 0. The Morgan fingerprint density at radius 1 is 1.47 bits per heavy atom. The highest BCUT2D eigenvalue weighted by molar-refractivity contribution is 5.84. The van der Waals surface area contributed by atoms with E-state index >= 15 is 0 Å². The quantitative estimate of drug-likeness (QED) is 0.888. The lowest BCUT2D eigenvalue weighted by molar-refractivity contribution is 0.0636. The zero-order valence-electron chi connectivity index (χ0n) is 11.2. The van der Waals surface area contributed by atoms with Crippen LogP contribution in [0.1, 0.15) is 32.5 Å². The highest BCUT2D eigenvalue weighted by Gasteiger charge is 2.17. The van der Waals surface area contributed by atoms with Gasteiger partial charge in [0.05, 0.1) is 0 Å². The number of halogens is 2. The average Bonchev–Trinajstić information content (AvgIpc) is 2.25. The van der Waals surface area contributed by atoms with Crippen LogP contribution in [0, 0.1) is 5.82 Å². The molecule has 0 heterocycles. The number of anilines is 1. The number of carbonyl (C=O) groups is 1. The van der Waals surface area contributed by atoms with Crippen LogP contribution in [0.5, 0.6) is 0 Å². The molecule has 6 heteroatoms. The largest absolute Gasteiger partial charge is 0.444 e. The van der Waals surface area contributed by atoms with Gasteiger partial charge in [0, 0.05) is 17.8 Å². The smallest absolute Gasteiger partial charge is 0.412 e. The van der Waals surface area contributed by atoms with Crippen molar-refractivity contribution in [2.45, 2.75) is 32.5 Å². The van der Waals surface area contributed by atoms with Gasteiger partial charge in [-0.1, -0.05) is 6.07 Å². The van der Waals surface area contributed by atoms with Crippen molar-refractivity contribution in [2.75, 3.05) is 11.9 Å². The van der Waals surface area contributed by atoms with Crippen LogP contribution in [-0.4, -0.2) is 18.2 Å². The number of ether oxygens (including phenoxy) is 1. The Kier molecular flexibility index (Phi) is 4.83. The molecule has 0 saturated heterocycles. The molecule has 1 atom stereocenters. The van der Waals surface area contributed by atoms with Crippen molar-refractivity contribution in [3.8, 4) is 0 Å². The summed E-state index contributed by atoms with van der Waals surface area (Å²) in [6.45, 7) is 4.84. The van der Waals surface area contributed by atoms with Gasteiger partial charge in [0.2, 0.25) is 0 Å². The maximum absolute atomic E-state index is 13.6. The minimum atomic E-state index is -1.56. The fourth-order valence-electron chi connectivity index (χ4n) is 1.41. The third-order valence-corrected chi connectivity index (χ3v) is 2.19. The number of benzene rings is 1. The topological polar surface area (TPSA) is 64.3 Å². The van der Waals surface area contributed by atoms with E-state index in [-0.39, 0.29) is 17.8 Å². The van der Waals surface area contributed by atoms with Gasteiger partial charge in [0.25, 0.3) is 0 Å². The van der Waals surface area contributed by atoms with Crippen LogP contribution in [0.2, 0.25) is 0 Å². The Morgan fingerprint density at radius 3 is 2.58 bits per heavy atom. The van der Waals surface area contributed by atoms with Gasteiger partial charge in [-0.15, -0.1) is 0 Å². The monoisotopic (exact) mass is 272 g/mol. The molecule has 0 aromatic heterocycles. The molecular formula is C13H18F2N2O2. The van der Waals surface area contributed by atoms with Crippen LogP contribution >= 0.6 is 0 Å². The van der Waals surface area contributed by atoms with Gasteiger partial charge in [-0.05, 0) is 32.9 Å². The summed E-state index contributed by atoms with van der Waals surface area (Å²) >= 11 is 0. The molecule has 0 fully saturated rings. The summed E-state index contributed by atoms with van der Waals surface area (Å²) in [5.74, 6) is -0.758. The summed E-state index contributed by atoms with van der Waals surface area (Å²) in [6.07, 6.45) is -2.26. The van der Waals surface area contributed by atoms with Crippen LogP contribution in [0.25, 0.3) is 0 Å². The fourth-order valence-corrected chi connectivity index (χ4v) is 1.41. The number of hydrogen-bond acceptors (Lipinski definition) is 3. The fraction of sp³-hybridized carbons (Fsp3) is 0.462. The standard InChI is InChI=1S/C13H18F2N2O2/c1-13(2,3)19-12(18)17-8-4-5-9(10(14)6-8)11(15)7-16/h4-6,11H,7,16H2,1-3H3,(H,17,18). The number of hydrogen-bond donors (Lipinski definition) is 2. The second kappa shape index (κ2) is 5.97. The third-order valence-electron chi connectivity index (χ3n) is 2.19. The Labute approximate surface area is 110 Å². The number of alkyl halides is 1. The van der Waals surface area contributed by atoms with E-state index in [4.69, 9.17) is 10.5 Å². The molecule has 0 radical (unpaired) electrons. The van der Waals surface area contributed by atoms with Crippen LogP contribution < -0.4 is 11.1 Å². The Hall–Kier alpha value is -1.69. The molecular weight excluding hydrogens is 254 g/mol. The highest BCUT2D eigenvalue weighted by atomic mass is 19.1. The maximum atomic E-state index is 13.6. The van der Waals surface area contributed by atoms with Gasteiger partial charge in [0.1, 0.15) is 17.6 Å². The van der Waals surface area contributed by atoms with E-state index < -0.39 is 23.7 Å². The summed E-state index contributed by atoms with van der Waals surface area (Å²) in [5.41, 5.74) is 4.55. The van der Waals surface area contributed by atoms with E-state index in [0.29, 0.717) is 0 Å². The van der Waals surface area contributed by atoms with E-state index in [2.05, 4.69) is 5.32 Å². The minimum Gasteiger partial charge on any atom is -0.444 e. The molecule has 0 saturated carbocycles. The molecule has 0 aliphatic rings. The first-order chi connectivity index (χ1) is 8.73. The lowest BCUT2D eigenvalue weighted by Crippen LogP contribution is -2.27. The zero-order valence-corrected chi connectivity index (χ0v) is 11.2. The van der Waals surface area contributed by atoms with Crippen molar-refractivity contribution in [1.29, 1.82) is 0 Å². The summed E-state index contributed by atoms with van der Waals surface area (Å²) in [4.78, 5) is 11.5. The van der Waals surface area contributed by atoms with Crippen LogP contribution in [0.3, 0.4) is 0 Å². The summed E-state index contributed by atoms with van der Waals surface area (Å²) in [6, 6.07) is 3.67. The van der Waals surface area contributed by atoms with E-state index in [1.807, 2.05) is 0 Å². The first kappa shape index (κ1) is 15.4. The van der Waals surface area contributed by atoms with E-state index in [1.165, 1.54) is 12.1 Å². The molecule has 1 amide bonds. The summed E-state index contributed by atoms with van der Waals surface area (Å²) in [5, 5.41) is 2.37. The number of nitrogens with two attached hydrogens (primary N) is 1. The second-order valence-corrected chi connectivity index (χ2v) is 5.07. The van der Waals surface area contributed by atoms with Gasteiger partial charge in [0.15, 0.2) is 0 Å². The number of amides is 1. The Balaban J connectivity index is 2.76. The first-order valence-electron chi connectivity index (χ1n) is 5.86. The lowest BCUT2D eigenvalue weighted by atomic mass is 10.1. The molecule has 19 heavy (non-hydrogen) atoms. The van der Waals surface area contributed by atoms with E-state index in [9.17, 15) is 13.6 Å². The molecule has 1 rings (SSSR count). The van der Waals surface area contributed by atoms with Crippen molar-refractivity contribution in [1.82, 2.24) is 0 Å². The lowest BCUT2D eigenvalue weighted by Gasteiger charge is -2.19. The van der Waals surface area contributed by atoms with E-state index in [1.54, 1.807) is 20.8 Å². The zero-order chi connectivity index (χ0) is 14.6. The van der Waals surface area contributed by atoms with E-state index in [0.717, 1.165) is 6.07 Å². The van der Waals surface area contributed by atoms with Gasteiger partial charge in [-0.25, -0.2) is 13.6 Å². The Morgan fingerprint density at radius 2 is 2.11 bits per heavy atom. The molecule has 3 N–H and O–H groups in total. The van der Waals surface area contributed by atoms with Crippen molar-refractivity contribution >= 4 is 11.8 Å². The molecule has 1 aromatic carbocycles. The molecule has 0 aliphatic carbocycles. The molecule has 1 aromatic rings. The third kappa shape index (κ3) is 4.82. The maximum Gasteiger partial charge on any atom is 0.412 e. The van der Waals surface area contributed by atoms with Crippen LogP contribution in [-0.2, 0) is 4.74 Å². The van der Waals surface area contributed by atoms with Crippen LogP contribution in [0.15, 0.2) is 18.2 Å². The van der Waals surface area contributed by atoms with Crippen molar-refractivity contribution < 1.29 is 18.3 Å². The highest BCUT2D eigenvalue weighted by Crippen LogP contribution is 2.23. The first-order valence-corrected chi connectivity index (χ1v) is 5.86. The molecule has 0 aliphatic heterocycles. The SMILES string of the molecule is CC(C)(C)OC(=O)Nc1ccc(C(F)CN)c(F)c1. The minimum absolute atomic E-state index is 0.128. The Bertz CT molecular complexity index is 458. The summed E-state index contributed by atoms with van der Waals surface area (Å²) < 4.78 is 31.9. The molecule has 4 nitrogen and oxygen atoms in total. The number of carbonyl (C=O) groups excluding carboxylic acids is 1. The van der Waals surface area contributed by atoms with Gasteiger partial charge in [-0.2, -0.15) is 0 Å². The molecule has 0 spiro atoms. The van der Waals surface area contributed by atoms with Gasteiger partial charge in [-0.3, -0.25) is 5.32 Å². The van der Waals surface area contributed by atoms with Crippen molar-refractivity contribution in [2.24, 2.45) is 5.73 Å². The normalized spacial score (nSPS) is 12.9. The average molecular weight is 272 g/mol. The predicted octanol–water partition coefficient (Wildman–Crippen LogP) is 3.14. The van der Waals surface area contributed by atoms with Gasteiger partial charge >= 0.3 is 6.09 Å². The predicted molar refractivity (Wildman–Crippen MR) is 69.2 cm³/mol. The molecule has 0 bridgehead atoms. The number of rotatable bonds is 3.